The summed E-state index contributed by atoms with van der Waals surface area (Å²) in [4.78, 5) is 56.3. The number of fused-ring (bicyclic) bond motifs is 3. The molecule has 3 aliphatic heterocycles. The zero-order chi connectivity index (χ0) is 23.3. The Morgan fingerprint density at radius 2 is 1.79 bits per heavy atom. The lowest BCUT2D eigenvalue weighted by atomic mass is 9.76. The number of anilines is 1. The second-order valence-electron chi connectivity index (χ2n) is 8.47. The minimum absolute atomic E-state index is 0.226. The van der Waals surface area contributed by atoms with Gasteiger partial charge in [-0.15, -0.1) is 0 Å². The molecule has 3 amide bonds. The van der Waals surface area contributed by atoms with Crippen molar-refractivity contribution in [3.05, 3.63) is 66.0 Å². The summed E-state index contributed by atoms with van der Waals surface area (Å²) >= 11 is 0. The number of methoxy groups -OCH3 is 1. The number of rotatable bonds is 4. The molecule has 170 valence electrons. The number of carbonyl (C=O) groups is 4. The summed E-state index contributed by atoms with van der Waals surface area (Å²) in [6, 6.07) is 13.7. The van der Waals surface area contributed by atoms with E-state index in [-0.39, 0.29) is 12.1 Å². The van der Waals surface area contributed by atoms with Crippen LogP contribution in [0.2, 0.25) is 0 Å². The molecule has 3 fully saturated rings. The monoisotopic (exact) mass is 451 g/mol. The molecular formula is C24H22FN3O5. The molecule has 0 unspecified atom stereocenters. The van der Waals surface area contributed by atoms with Gasteiger partial charge in [0.1, 0.15) is 11.4 Å². The van der Waals surface area contributed by atoms with E-state index in [1.807, 2.05) is 35.2 Å². The first-order chi connectivity index (χ1) is 15.9. The molecule has 3 saturated heterocycles. The highest BCUT2D eigenvalue weighted by atomic mass is 19.1. The predicted octanol–water partition coefficient (Wildman–Crippen LogP) is 1.42. The fraction of sp³-hybridized carbons (Fsp3) is 0.333. The Hall–Kier alpha value is -3.59. The zero-order valence-electron chi connectivity index (χ0n) is 17.9. The van der Waals surface area contributed by atoms with Gasteiger partial charge in [0.25, 0.3) is 0 Å². The fourth-order valence-corrected chi connectivity index (χ4v) is 5.65. The van der Waals surface area contributed by atoms with Gasteiger partial charge in [-0.05, 0) is 29.8 Å². The molecule has 9 heteroatoms. The number of imide groups is 1. The molecule has 4 atom stereocenters. The van der Waals surface area contributed by atoms with Crippen molar-refractivity contribution in [1.82, 2.24) is 10.2 Å². The Balaban J connectivity index is 1.70. The summed E-state index contributed by atoms with van der Waals surface area (Å²) in [5, 5.41) is 2.79. The number of nitrogens with zero attached hydrogens (tertiary/aromatic N) is 2. The van der Waals surface area contributed by atoms with Gasteiger partial charge in [0, 0.05) is 19.1 Å². The van der Waals surface area contributed by atoms with Crippen LogP contribution >= 0.6 is 0 Å². The first-order valence-electron chi connectivity index (χ1n) is 10.7. The minimum Gasteiger partial charge on any atom is -0.469 e. The van der Waals surface area contributed by atoms with Gasteiger partial charge in [-0.25, -0.2) is 9.29 Å². The molecular weight excluding hydrogens is 429 g/mol. The smallest absolute Gasteiger partial charge is 0.307 e. The SMILES string of the molecule is COC(=O)C[C@@]12C(=O)NCCN1[C@@H](c1ccccc1)[C@@H]1C(=O)N(c3ccc(F)cc3)C(=O)[C@@H]12. The standard InChI is InChI=1S/C24H22FN3O5/c1-33-17(29)13-24-19-18(21(30)28(22(19)31)16-9-7-15(25)8-10-16)20(14-5-3-2-4-6-14)27(24)12-11-26-23(24)32/h2-10,18-20H,11-13H2,1H3,(H,26,32)/t18-,19-,20+,24-/m1/s1. The maximum Gasteiger partial charge on any atom is 0.307 e. The molecule has 3 aliphatic rings. The number of carbonyl (C=O) groups excluding carboxylic acids is 4. The molecule has 0 radical (unpaired) electrons. The number of esters is 1. The van der Waals surface area contributed by atoms with Gasteiger partial charge < -0.3 is 10.1 Å². The van der Waals surface area contributed by atoms with Gasteiger partial charge in [0.15, 0.2) is 0 Å². The first-order valence-corrected chi connectivity index (χ1v) is 10.7. The third kappa shape index (κ3) is 2.99. The van der Waals surface area contributed by atoms with Gasteiger partial charge in [-0.1, -0.05) is 30.3 Å². The van der Waals surface area contributed by atoms with Crippen molar-refractivity contribution < 1.29 is 28.3 Å². The topological polar surface area (TPSA) is 96.0 Å². The maximum atomic E-state index is 13.8. The zero-order valence-corrected chi connectivity index (χ0v) is 17.9. The summed E-state index contributed by atoms with van der Waals surface area (Å²) in [6.07, 6.45) is -0.365. The van der Waals surface area contributed by atoms with Crippen LogP contribution in [0.15, 0.2) is 54.6 Å². The van der Waals surface area contributed by atoms with Crippen LogP contribution in [0.3, 0.4) is 0 Å². The van der Waals surface area contributed by atoms with Gasteiger partial charge in [0.2, 0.25) is 17.7 Å². The van der Waals surface area contributed by atoms with E-state index in [2.05, 4.69) is 5.32 Å². The van der Waals surface area contributed by atoms with Gasteiger partial charge in [-0.3, -0.25) is 24.1 Å². The second kappa shape index (κ2) is 7.77. The summed E-state index contributed by atoms with van der Waals surface area (Å²) in [7, 11) is 1.22. The number of hydrogen-bond donors (Lipinski definition) is 1. The number of hydrogen-bond acceptors (Lipinski definition) is 6. The number of benzene rings is 2. The summed E-state index contributed by atoms with van der Waals surface area (Å²) in [5.74, 6) is -4.67. The lowest BCUT2D eigenvalue weighted by molar-refractivity contribution is -0.154. The molecule has 3 heterocycles. The van der Waals surface area contributed by atoms with E-state index in [1.54, 1.807) is 0 Å². The van der Waals surface area contributed by atoms with Crippen LogP contribution < -0.4 is 10.2 Å². The van der Waals surface area contributed by atoms with Crippen molar-refractivity contribution in [3.63, 3.8) is 0 Å². The quantitative estimate of drug-likeness (QED) is 0.558. The minimum atomic E-state index is -1.57. The summed E-state index contributed by atoms with van der Waals surface area (Å²) < 4.78 is 18.4. The van der Waals surface area contributed by atoms with Crippen LogP contribution in [-0.4, -0.2) is 54.3 Å². The Bertz CT molecular complexity index is 1140. The molecule has 0 aliphatic carbocycles. The van der Waals surface area contributed by atoms with E-state index in [9.17, 15) is 23.6 Å². The predicted molar refractivity (Wildman–Crippen MR) is 114 cm³/mol. The Labute approximate surface area is 189 Å². The maximum absolute atomic E-state index is 13.8. The molecule has 0 bridgehead atoms. The van der Waals surface area contributed by atoms with E-state index in [1.165, 1.54) is 31.4 Å². The van der Waals surface area contributed by atoms with E-state index in [4.69, 9.17) is 4.74 Å². The number of piperazine rings is 1. The lowest BCUT2D eigenvalue weighted by Crippen LogP contribution is -2.67. The van der Waals surface area contributed by atoms with Crippen molar-refractivity contribution in [3.8, 4) is 0 Å². The van der Waals surface area contributed by atoms with E-state index in [0.29, 0.717) is 13.1 Å². The molecule has 0 aromatic heterocycles. The van der Waals surface area contributed by atoms with E-state index in [0.717, 1.165) is 10.5 Å². The van der Waals surface area contributed by atoms with Crippen LogP contribution in [0.25, 0.3) is 0 Å². The van der Waals surface area contributed by atoms with Crippen LogP contribution in [-0.2, 0) is 23.9 Å². The van der Waals surface area contributed by atoms with E-state index < -0.39 is 52.9 Å². The Morgan fingerprint density at radius 3 is 2.45 bits per heavy atom. The molecule has 2 aromatic carbocycles. The summed E-state index contributed by atoms with van der Waals surface area (Å²) in [5.41, 5.74) is -0.572. The third-order valence-electron chi connectivity index (χ3n) is 6.95. The second-order valence-corrected chi connectivity index (χ2v) is 8.47. The Morgan fingerprint density at radius 1 is 1.09 bits per heavy atom. The average Bonchev–Trinajstić information content (AvgIpc) is 3.26. The molecule has 2 aromatic rings. The normalized spacial score (nSPS) is 29.0. The van der Waals surface area contributed by atoms with Crippen molar-refractivity contribution in [2.24, 2.45) is 11.8 Å². The van der Waals surface area contributed by atoms with Crippen LogP contribution in [0, 0.1) is 17.7 Å². The lowest BCUT2D eigenvalue weighted by Gasteiger charge is -2.45. The number of ether oxygens (including phenoxy) is 1. The van der Waals surface area contributed by atoms with Gasteiger partial charge >= 0.3 is 5.97 Å². The molecule has 0 saturated carbocycles. The highest BCUT2D eigenvalue weighted by molar-refractivity contribution is 6.24. The van der Waals surface area contributed by atoms with Crippen LogP contribution in [0.5, 0.6) is 0 Å². The van der Waals surface area contributed by atoms with Crippen molar-refractivity contribution in [2.75, 3.05) is 25.1 Å². The van der Waals surface area contributed by atoms with Crippen molar-refractivity contribution in [1.29, 1.82) is 0 Å². The van der Waals surface area contributed by atoms with Crippen LogP contribution in [0.1, 0.15) is 18.0 Å². The van der Waals surface area contributed by atoms with Gasteiger partial charge in [-0.2, -0.15) is 0 Å². The molecule has 33 heavy (non-hydrogen) atoms. The molecule has 8 nitrogen and oxygen atoms in total. The largest absolute Gasteiger partial charge is 0.469 e. The molecule has 1 N–H and O–H groups in total. The van der Waals surface area contributed by atoms with Crippen LogP contribution in [0.4, 0.5) is 10.1 Å². The number of amides is 3. The summed E-state index contributed by atoms with van der Waals surface area (Å²) in [6.45, 7) is 0.695. The molecule has 5 rings (SSSR count). The number of halogens is 1. The van der Waals surface area contributed by atoms with E-state index >= 15 is 0 Å². The third-order valence-corrected chi connectivity index (χ3v) is 6.95. The highest BCUT2D eigenvalue weighted by Gasteiger charge is 2.73. The Kier molecular flexibility index (Phi) is 5.01. The van der Waals surface area contributed by atoms with Crippen molar-refractivity contribution >= 4 is 29.4 Å². The average molecular weight is 451 g/mol. The molecule has 0 spiro atoms. The highest BCUT2D eigenvalue weighted by Crippen LogP contribution is 2.57. The van der Waals surface area contributed by atoms with Crippen molar-refractivity contribution in [2.45, 2.75) is 18.0 Å². The first kappa shape index (κ1) is 21.3. The fourth-order valence-electron chi connectivity index (χ4n) is 5.65. The number of nitrogens with one attached hydrogen (secondary N) is 1. The van der Waals surface area contributed by atoms with Gasteiger partial charge in [0.05, 0.1) is 31.1 Å².